The lowest BCUT2D eigenvalue weighted by molar-refractivity contribution is 0.450. The molecule has 0 aliphatic heterocycles. The minimum atomic E-state index is 0.0844. The summed E-state index contributed by atoms with van der Waals surface area (Å²) in [5, 5.41) is 18.3. The first kappa shape index (κ1) is 12.6. The van der Waals surface area contributed by atoms with Crippen LogP contribution < -0.4 is 0 Å². The van der Waals surface area contributed by atoms with Gasteiger partial charge in [-0.25, -0.2) is 0 Å². The van der Waals surface area contributed by atoms with Gasteiger partial charge in [-0.05, 0) is 18.6 Å². The maximum absolute atomic E-state index is 9.31. The molecule has 0 atom stereocenters. The molecule has 1 aromatic rings. The van der Waals surface area contributed by atoms with E-state index >= 15 is 0 Å². The smallest absolute Gasteiger partial charge is 0.126 e. The molecule has 0 fully saturated rings. The molecule has 0 saturated heterocycles. The van der Waals surface area contributed by atoms with Gasteiger partial charge in [-0.1, -0.05) is 32.9 Å². The van der Waals surface area contributed by atoms with E-state index in [-0.39, 0.29) is 11.5 Å². The highest BCUT2D eigenvalue weighted by Crippen LogP contribution is 2.23. The summed E-state index contributed by atoms with van der Waals surface area (Å²) in [5.74, 6) is 0.195. The second-order valence-electron chi connectivity index (χ2n) is 2.55. The van der Waals surface area contributed by atoms with E-state index in [2.05, 4.69) is 0 Å². The van der Waals surface area contributed by atoms with Gasteiger partial charge >= 0.3 is 0 Å². The van der Waals surface area contributed by atoms with Crippen LogP contribution in [0, 0.1) is 0 Å². The zero-order chi connectivity index (χ0) is 11.0. The second-order valence-corrected chi connectivity index (χ2v) is 2.55. The molecule has 1 aromatic carbocycles. The number of rotatable bonds is 2. The monoisotopic (exact) mass is 194 g/mol. The molecular formula is C12H18O2. The number of phenols is 2. The third-order valence-corrected chi connectivity index (χ3v) is 1.55. The molecule has 0 radical (unpaired) electrons. The van der Waals surface area contributed by atoms with Crippen molar-refractivity contribution in [2.75, 3.05) is 0 Å². The van der Waals surface area contributed by atoms with Gasteiger partial charge in [0, 0.05) is 11.6 Å². The summed E-state index contributed by atoms with van der Waals surface area (Å²) in [4.78, 5) is 0. The highest BCUT2D eigenvalue weighted by molar-refractivity contribution is 5.58. The number of aromatic hydroxyl groups is 2. The Morgan fingerprint density at radius 2 is 1.86 bits per heavy atom. The molecule has 14 heavy (non-hydrogen) atoms. The van der Waals surface area contributed by atoms with Gasteiger partial charge in [0.1, 0.15) is 11.5 Å². The molecule has 0 unspecified atom stereocenters. The fourth-order valence-corrected chi connectivity index (χ4v) is 0.918. The number of benzene rings is 1. The molecule has 0 heterocycles. The topological polar surface area (TPSA) is 40.5 Å². The molecule has 0 bridgehead atoms. The highest BCUT2D eigenvalue weighted by atomic mass is 16.3. The molecule has 0 saturated carbocycles. The van der Waals surface area contributed by atoms with Crippen molar-refractivity contribution < 1.29 is 10.2 Å². The maximum atomic E-state index is 9.31. The number of hydrogen-bond donors (Lipinski definition) is 2. The molecule has 2 N–H and O–H groups in total. The van der Waals surface area contributed by atoms with Crippen molar-refractivity contribution in [3.63, 3.8) is 0 Å². The van der Waals surface area contributed by atoms with Crippen LogP contribution in [0.5, 0.6) is 11.5 Å². The molecule has 0 aliphatic carbocycles. The molecule has 0 spiro atoms. The average Bonchev–Trinajstić information content (AvgIpc) is 2.20. The molecule has 2 nitrogen and oxygen atoms in total. The van der Waals surface area contributed by atoms with E-state index in [1.165, 1.54) is 6.07 Å². The van der Waals surface area contributed by atoms with E-state index in [4.69, 9.17) is 5.11 Å². The van der Waals surface area contributed by atoms with E-state index in [0.717, 1.165) is 12.0 Å². The third-order valence-electron chi connectivity index (χ3n) is 1.55. The first-order valence-corrected chi connectivity index (χ1v) is 4.92. The molecule has 0 amide bonds. The number of phenolic OH excluding ortho intramolecular Hbond substituents is 2. The Bertz CT molecular complexity index is 290. The van der Waals surface area contributed by atoms with Gasteiger partial charge in [0.15, 0.2) is 0 Å². The van der Waals surface area contributed by atoms with Gasteiger partial charge in [0.25, 0.3) is 0 Å². The Balaban J connectivity index is 0.000000791. The minimum absolute atomic E-state index is 0.0844. The fourth-order valence-electron chi connectivity index (χ4n) is 0.918. The normalized spacial score (nSPS) is 9.64. The summed E-state index contributed by atoms with van der Waals surface area (Å²) < 4.78 is 0. The van der Waals surface area contributed by atoms with E-state index in [9.17, 15) is 5.11 Å². The van der Waals surface area contributed by atoms with Crippen molar-refractivity contribution in [3.05, 3.63) is 29.8 Å². The Hall–Kier alpha value is -1.44. The summed E-state index contributed by atoms with van der Waals surface area (Å²) in [6.45, 7) is 6.02. The summed E-state index contributed by atoms with van der Waals surface area (Å²) in [6.07, 6.45) is 4.71. The summed E-state index contributed by atoms with van der Waals surface area (Å²) in [5.41, 5.74) is 0.731. The van der Waals surface area contributed by atoms with Crippen molar-refractivity contribution in [2.24, 2.45) is 0 Å². The van der Waals surface area contributed by atoms with E-state index in [0.29, 0.717) is 0 Å². The summed E-state index contributed by atoms with van der Waals surface area (Å²) >= 11 is 0. The fraction of sp³-hybridized carbons (Fsp3) is 0.333. The second kappa shape index (κ2) is 7.01. The largest absolute Gasteiger partial charge is 0.508 e. The number of hydrogen-bond acceptors (Lipinski definition) is 2. The van der Waals surface area contributed by atoms with Gasteiger partial charge in [-0.3, -0.25) is 0 Å². The minimum Gasteiger partial charge on any atom is -0.508 e. The van der Waals surface area contributed by atoms with Crippen molar-refractivity contribution in [1.82, 2.24) is 0 Å². The Morgan fingerprint density at radius 3 is 2.36 bits per heavy atom. The lowest BCUT2D eigenvalue weighted by atomic mass is 10.1. The van der Waals surface area contributed by atoms with Gasteiger partial charge in [0.2, 0.25) is 0 Å². The quantitative estimate of drug-likeness (QED) is 0.755. The van der Waals surface area contributed by atoms with E-state index in [1.807, 2.05) is 32.9 Å². The maximum Gasteiger partial charge on any atom is 0.126 e. The average molecular weight is 194 g/mol. The van der Waals surface area contributed by atoms with Crippen molar-refractivity contribution >= 4 is 6.08 Å². The molecule has 1 rings (SSSR count). The van der Waals surface area contributed by atoms with E-state index in [1.54, 1.807) is 12.1 Å². The van der Waals surface area contributed by atoms with Gasteiger partial charge in [-0.2, -0.15) is 0 Å². The number of allylic oxidation sites excluding steroid dienone is 1. The predicted molar refractivity (Wildman–Crippen MR) is 60.4 cm³/mol. The first-order chi connectivity index (χ1) is 6.74. The van der Waals surface area contributed by atoms with Crippen LogP contribution in [0.25, 0.3) is 6.08 Å². The lowest BCUT2D eigenvalue weighted by Gasteiger charge is -1.98. The van der Waals surface area contributed by atoms with Crippen LogP contribution in [0.2, 0.25) is 0 Å². The van der Waals surface area contributed by atoms with Crippen LogP contribution in [0.4, 0.5) is 0 Å². The van der Waals surface area contributed by atoms with Gasteiger partial charge in [-0.15, -0.1) is 0 Å². The SMILES string of the molecule is CC.CC/C=C/c1ccc(O)cc1O. The molecule has 78 valence electrons. The molecule has 0 aromatic heterocycles. The first-order valence-electron chi connectivity index (χ1n) is 4.92. The van der Waals surface area contributed by atoms with Crippen LogP contribution in [-0.4, -0.2) is 10.2 Å². The Kier molecular flexibility index (Phi) is 6.29. The zero-order valence-corrected chi connectivity index (χ0v) is 8.99. The predicted octanol–water partition coefficient (Wildman–Crippen LogP) is 3.55. The standard InChI is InChI=1S/C10H12O2.C2H6/c1-2-3-4-8-5-6-9(11)7-10(8)12;1-2/h3-7,11-12H,2H2,1H3;1-2H3/b4-3+;. The van der Waals surface area contributed by atoms with Crippen LogP contribution >= 0.6 is 0 Å². The van der Waals surface area contributed by atoms with Crippen LogP contribution in [0.1, 0.15) is 32.8 Å². The van der Waals surface area contributed by atoms with Crippen LogP contribution in [0.3, 0.4) is 0 Å². The highest BCUT2D eigenvalue weighted by Gasteiger charge is 1.96. The van der Waals surface area contributed by atoms with Crippen molar-refractivity contribution in [2.45, 2.75) is 27.2 Å². The van der Waals surface area contributed by atoms with Crippen LogP contribution in [0.15, 0.2) is 24.3 Å². The van der Waals surface area contributed by atoms with Gasteiger partial charge < -0.3 is 10.2 Å². The Labute approximate surface area is 85.5 Å². The van der Waals surface area contributed by atoms with Crippen molar-refractivity contribution in [3.8, 4) is 11.5 Å². The van der Waals surface area contributed by atoms with Crippen LogP contribution in [-0.2, 0) is 0 Å². The molecule has 2 heteroatoms. The van der Waals surface area contributed by atoms with E-state index < -0.39 is 0 Å². The summed E-state index contributed by atoms with van der Waals surface area (Å²) in [7, 11) is 0. The molecule has 0 aliphatic rings. The third kappa shape index (κ3) is 3.99. The zero-order valence-electron chi connectivity index (χ0n) is 8.99. The lowest BCUT2D eigenvalue weighted by Crippen LogP contribution is -1.73. The molecular weight excluding hydrogens is 176 g/mol. The van der Waals surface area contributed by atoms with Crippen molar-refractivity contribution in [1.29, 1.82) is 0 Å². The Morgan fingerprint density at radius 1 is 1.21 bits per heavy atom. The summed E-state index contributed by atoms with van der Waals surface area (Å²) in [6, 6.07) is 4.56. The van der Waals surface area contributed by atoms with Gasteiger partial charge in [0.05, 0.1) is 0 Å².